The molecule has 1 saturated heterocycles. The van der Waals surface area contributed by atoms with Gasteiger partial charge in [-0.1, -0.05) is 0 Å². The fourth-order valence-electron chi connectivity index (χ4n) is 3.56. The number of benzene rings is 1. The summed E-state index contributed by atoms with van der Waals surface area (Å²) >= 11 is 0. The van der Waals surface area contributed by atoms with E-state index >= 15 is 0 Å². The van der Waals surface area contributed by atoms with E-state index in [4.69, 9.17) is 14.2 Å². The molecule has 1 aromatic carbocycles. The van der Waals surface area contributed by atoms with Crippen molar-refractivity contribution in [1.29, 1.82) is 0 Å². The van der Waals surface area contributed by atoms with Crippen LogP contribution in [0, 0.1) is 5.92 Å². The predicted molar refractivity (Wildman–Crippen MR) is 105 cm³/mol. The quantitative estimate of drug-likeness (QED) is 0.698. The fourth-order valence-corrected chi connectivity index (χ4v) is 5.43. The molecule has 1 saturated carbocycles. The maximum Gasteiger partial charge on any atom is 0.255 e. The lowest BCUT2D eigenvalue weighted by Crippen LogP contribution is -2.42. The first-order valence-corrected chi connectivity index (χ1v) is 11.0. The summed E-state index contributed by atoms with van der Waals surface area (Å²) in [5.41, 5.74) is 0.369. The topological polar surface area (TPSA) is 94.2 Å². The number of amides is 1. The molecule has 3 rings (SSSR count). The van der Waals surface area contributed by atoms with E-state index in [-0.39, 0.29) is 17.1 Å². The van der Waals surface area contributed by atoms with Crippen molar-refractivity contribution in [3.63, 3.8) is 0 Å². The van der Waals surface area contributed by atoms with Gasteiger partial charge in [0, 0.05) is 19.6 Å². The highest BCUT2D eigenvalue weighted by Gasteiger charge is 2.41. The average Bonchev–Trinajstić information content (AvgIpc) is 3.57. The summed E-state index contributed by atoms with van der Waals surface area (Å²) in [6.07, 6.45) is 3.06. The molecule has 9 heteroatoms. The number of nitrogens with zero attached hydrogens (tertiary/aromatic N) is 1. The van der Waals surface area contributed by atoms with Crippen molar-refractivity contribution in [3.8, 4) is 17.2 Å². The molecule has 8 nitrogen and oxygen atoms in total. The Morgan fingerprint density at radius 1 is 1.04 bits per heavy atom. The van der Waals surface area contributed by atoms with E-state index in [9.17, 15) is 13.2 Å². The first kappa shape index (κ1) is 20.7. The standard InChI is InChI=1S/C19H28N2O6S/c1-25-16-7-6-15(17(26-2)18(16)27-3)19(22)20-12-13-8-10-21(11-9-13)28(23,24)14-4-5-14/h6-7,13-14H,4-5,8-12H2,1-3H3,(H,20,22). The number of carbonyl (C=O) groups excluding carboxylic acids is 1. The van der Waals surface area contributed by atoms with Gasteiger partial charge >= 0.3 is 0 Å². The van der Waals surface area contributed by atoms with Crippen LogP contribution in [0.15, 0.2) is 12.1 Å². The van der Waals surface area contributed by atoms with E-state index in [1.165, 1.54) is 21.3 Å². The van der Waals surface area contributed by atoms with Crippen LogP contribution in [0.2, 0.25) is 0 Å². The molecule has 0 bridgehead atoms. The minimum Gasteiger partial charge on any atom is -0.493 e. The molecule has 0 radical (unpaired) electrons. The van der Waals surface area contributed by atoms with Crippen molar-refractivity contribution >= 4 is 15.9 Å². The van der Waals surface area contributed by atoms with E-state index in [0.29, 0.717) is 42.4 Å². The Kier molecular flexibility index (Phi) is 6.34. The second-order valence-corrected chi connectivity index (χ2v) is 9.39. The molecule has 0 spiro atoms. The number of sulfonamides is 1. The van der Waals surface area contributed by atoms with Crippen LogP contribution in [0.5, 0.6) is 17.2 Å². The molecule has 1 aliphatic carbocycles. The zero-order valence-electron chi connectivity index (χ0n) is 16.6. The Bertz CT molecular complexity index is 814. The Morgan fingerprint density at radius 3 is 2.21 bits per heavy atom. The SMILES string of the molecule is COc1ccc(C(=O)NCC2CCN(S(=O)(=O)C3CC3)CC2)c(OC)c1OC. The summed E-state index contributed by atoms with van der Waals surface area (Å²) in [4.78, 5) is 12.7. The summed E-state index contributed by atoms with van der Waals surface area (Å²) < 4.78 is 42.1. The zero-order chi connectivity index (χ0) is 20.3. The lowest BCUT2D eigenvalue weighted by atomic mass is 9.98. The van der Waals surface area contributed by atoms with Gasteiger partial charge in [-0.3, -0.25) is 4.79 Å². The van der Waals surface area contributed by atoms with Gasteiger partial charge in [0.15, 0.2) is 11.5 Å². The summed E-state index contributed by atoms with van der Waals surface area (Å²) in [5, 5.41) is 2.77. The second-order valence-electron chi connectivity index (χ2n) is 7.18. The Balaban J connectivity index is 1.58. The van der Waals surface area contributed by atoms with Crippen molar-refractivity contribution in [2.75, 3.05) is 41.0 Å². The van der Waals surface area contributed by atoms with E-state index < -0.39 is 10.0 Å². The molecule has 28 heavy (non-hydrogen) atoms. The zero-order valence-corrected chi connectivity index (χ0v) is 17.4. The number of carbonyl (C=O) groups is 1. The van der Waals surface area contributed by atoms with E-state index in [1.807, 2.05) is 0 Å². The number of hydrogen-bond donors (Lipinski definition) is 1. The lowest BCUT2D eigenvalue weighted by molar-refractivity contribution is 0.0937. The highest BCUT2D eigenvalue weighted by atomic mass is 32.2. The number of nitrogens with one attached hydrogen (secondary N) is 1. The maximum atomic E-state index is 12.7. The highest BCUT2D eigenvalue weighted by molar-refractivity contribution is 7.90. The largest absolute Gasteiger partial charge is 0.493 e. The summed E-state index contributed by atoms with van der Waals surface area (Å²) in [7, 11) is 1.38. The third-order valence-electron chi connectivity index (χ3n) is 5.38. The number of rotatable bonds is 8. The number of methoxy groups -OCH3 is 3. The minimum absolute atomic E-state index is 0.165. The first-order chi connectivity index (χ1) is 13.4. The van der Waals surface area contributed by atoms with Crippen molar-refractivity contribution in [2.45, 2.75) is 30.9 Å². The summed E-state index contributed by atoms with van der Waals surface area (Å²) in [6.45, 7) is 1.55. The molecule has 1 aromatic rings. The van der Waals surface area contributed by atoms with Gasteiger partial charge in [0.25, 0.3) is 5.91 Å². The Hall–Kier alpha value is -2.00. The van der Waals surface area contributed by atoms with Crippen LogP contribution in [-0.4, -0.2) is 64.8 Å². The van der Waals surface area contributed by atoms with Gasteiger partial charge in [0.1, 0.15) is 0 Å². The average molecular weight is 413 g/mol. The maximum absolute atomic E-state index is 12.7. The van der Waals surface area contributed by atoms with Gasteiger partial charge in [0.2, 0.25) is 15.8 Å². The normalized spacial score (nSPS) is 18.5. The lowest BCUT2D eigenvalue weighted by Gasteiger charge is -2.31. The molecule has 0 atom stereocenters. The molecule has 1 amide bonds. The second kappa shape index (κ2) is 8.57. The highest BCUT2D eigenvalue weighted by Crippen LogP contribution is 2.39. The Labute approximate surface area is 166 Å². The summed E-state index contributed by atoms with van der Waals surface area (Å²) in [6, 6.07) is 3.30. The van der Waals surface area contributed by atoms with Crippen LogP contribution in [-0.2, 0) is 10.0 Å². The summed E-state index contributed by atoms with van der Waals surface area (Å²) in [5.74, 6) is 1.17. The van der Waals surface area contributed by atoms with Gasteiger partial charge in [-0.2, -0.15) is 0 Å². The predicted octanol–water partition coefficient (Wildman–Crippen LogP) is 1.65. The van der Waals surface area contributed by atoms with Crippen LogP contribution in [0.25, 0.3) is 0 Å². The molecule has 1 N–H and O–H groups in total. The third kappa shape index (κ3) is 4.20. The number of ether oxygens (including phenoxy) is 3. The van der Waals surface area contributed by atoms with Crippen LogP contribution in [0.4, 0.5) is 0 Å². The fraction of sp³-hybridized carbons (Fsp3) is 0.632. The van der Waals surface area contributed by atoms with Crippen LogP contribution in [0.1, 0.15) is 36.0 Å². The molecule has 2 aliphatic rings. The molecular formula is C19H28N2O6S. The van der Waals surface area contributed by atoms with Crippen molar-refractivity contribution in [3.05, 3.63) is 17.7 Å². The van der Waals surface area contributed by atoms with Crippen LogP contribution >= 0.6 is 0 Å². The Morgan fingerprint density at radius 2 is 1.68 bits per heavy atom. The van der Waals surface area contributed by atoms with E-state index in [1.54, 1.807) is 16.4 Å². The number of hydrogen-bond acceptors (Lipinski definition) is 6. The molecule has 1 aliphatic heterocycles. The molecule has 0 aromatic heterocycles. The molecule has 2 fully saturated rings. The smallest absolute Gasteiger partial charge is 0.255 e. The van der Waals surface area contributed by atoms with Gasteiger partial charge in [-0.25, -0.2) is 12.7 Å². The van der Waals surface area contributed by atoms with Gasteiger partial charge < -0.3 is 19.5 Å². The first-order valence-electron chi connectivity index (χ1n) is 9.48. The van der Waals surface area contributed by atoms with Crippen molar-refractivity contribution in [2.24, 2.45) is 5.92 Å². The molecule has 156 valence electrons. The molecule has 1 heterocycles. The molecular weight excluding hydrogens is 384 g/mol. The van der Waals surface area contributed by atoms with Crippen molar-refractivity contribution < 1.29 is 27.4 Å². The third-order valence-corrected chi connectivity index (χ3v) is 7.78. The van der Waals surface area contributed by atoms with Crippen molar-refractivity contribution in [1.82, 2.24) is 9.62 Å². The van der Waals surface area contributed by atoms with Crippen LogP contribution in [0.3, 0.4) is 0 Å². The van der Waals surface area contributed by atoms with Gasteiger partial charge in [-0.05, 0) is 43.7 Å². The van der Waals surface area contributed by atoms with Crippen LogP contribution < -0.4 is 19.5 Å². The number of piperidine rings is 1. The monoisotopic (exact) mass is 412 g/mol. The minimum atomic E-state index is -3.11. The van der Waals surface area contributed by atoms with E-state index in [0.717, 1.165) is 25.7 Å². The van der Waals surface area contributed by atoms with Gasteiger partial charge in [0.05, 0.1) is 32.1 Å². The van der Waals surface area contributed by atoms with E-state index in [2.05, 4.69) is 5.32 Å². The molecule has 0 unspecified atom stereocenters. The van der Waals surface area contributed by atoms with Gasteiger partial charge in [-0.15, -0.1) is 0 Å².